The van der Waals surface area contributed by atoms with Crippen molar-refractivity contribution in [3.05, 3.63) is 87.1 Å². The van der Waals surface area contributed by atoms with Gasteiger partial charge in [-0.1, -0.05) is 23.7 Å². The Morgan fingerprint density at radius 2 is 1.83 bits per heavy atom. The molecule has 0 radical (unpaired) electrons. The standard InChI is InChI=1S/C22H15ClF3N3O6/c23-13-6-4-11(5-7-13)19(30)17-18(27-20(31)28-21(17,32)22(24,25)26)16-9-8-15(35-16)12-2-1-3-14(10-12)29(33)34/h1-10,17-18,32H,(H2,27,28,31)/t17-,18-,21-/m1/s1. The lowest BCUT2D eigenvalue weighted by Crippen LogP contribution is -2.72. The number of halogens is 4. The van der Waals surface area contributed by atoms with Gasteiger partial charge in [-0.25, -0.2) is 4.79 Å². The van der Waals surface area contributed by atoms with Gasteiger partial charge in [0.1, 0.15) is 23.5 Å². The van der Waals surface area contributed by atoms with Crippen molar-refractivity contribution in [3.8, 4) is 11.3 Å². The molecular weight excluding hydrogens is 495 g/mol. The molecule has 3 N–H and O–H groups in total. The predicted octanol–water partition coefficient (Wildman–Crippen LogP) is 4.61. The van der Waals surface area contributed by atoms with Crippen LogP contribution in [0.4, 0.5) is 23.7 Å². The Bertz CT molecular complexity index is 1310. The largest absolute Gasteiger partial charge is 0.459 e. The molecule has 3 aromatic rings. The van der Waals surface area contributed by atoms with Crippen LogP contribution in [0.25, 0.3) is 11.3 Å². The maximum Gasteiger partial charge on any atom is 0.437 e. The molecule has 0 unspecified atom stereocenters. The molecule has 4 rings (SSSR count). The fourth-order valence-corrected chi connectivity index (χ4v) is 3.94. The molecule has 13 heteroatoms. The average Bonchev–Trinajstić information content (AvgIpc) is 3.28. The van der Waals surface area contributed by atoms with Crippen LogP contribution in [0.3, 0.4) is 0 Å². The summed E-state index contributed by atoms with van der Waals surface area (Å²) in [6, 6.07) is 9.64. The quantitative estimate of drug-likeness (QED) is 0.261. The zero-order valence-electron chi connectivity index (χ0n) is 17.4. The number of hydrogen-bond donors (Lipinski definition) is 3. The molecule has 3 atom stereocenters. The van der Waals surface area contributed by atoms with E-state index in [0.29, 0.717) is 0 Å². The van der Waals surface area contributed by atoms with E-state index in [1.54, 1.807) is 0 Å². The Hall–Kier alpha value is -3.90. The summed E-state index contributed by atoms with van der Waals surface area (Å²) < 4.78 is 47.6. The van der Waals surface area contributed by atoms with E-state index in [-0.39, 0.29) is 33.4 Å². The van der Waals surface area contributed by atoms with Gasteiger partial charge in [-0.15, -0.1) is 0 Å². The van der Waals surface area contributed by atoms with Crippen molar-refractivity contribution in [2.45, 2.75) is 17.9 Å². The Balaban J connectivity index is 1.80. The zero-order valence-corrected chi connectivity index (χ0v) is 18.1. The number of nitrogens with zero attached hydrogens (tertiary/aromatic N) is 1. The number of Topliss-reactive ketones (excluding diaryl/α,β-unsaturated/α-hetero) is 1. The van der Waals surface area contributed by atoms with Crippen LogP contribution in [-0.2, 0) is 0 Å². The third kappa shape index (κ3) is 4.45. The van der Waals surface area contributed by atoms with E-state index in [0.717, 1.165) is 0 Å². The number of ketones is 1. The topological polar surface area (TPSA) is 135 Å². The van der Waals surface area contributed by atoms with E-state index >= 15 is 0 Å². The molecule has 2 aromatic carbocycles. The summed E-state index contributed by atoms with van der Waals surface area (Å²) in [6.45, 7) is 0. The number of nitro benzene ring substituents is 1. The molecule has 0 bridgehead atoms. The third-order valence-corrected chi connectivity index (χ3v) is 5.74. The monoisotopic (exact) mass is 509 g/mol. The molecule has 0 spiro atoms. The summed E-state index contributed by atoms with van der Waals surface area (Å²) in [5, 5.41) is 25.5. The fraction of sp³-hybridized carbons (Fsp3) is 0.182. The van der Waals surface area contributed by atoms with E-state index in [9.17, 15) is 38.0 Å². The number of benzene rings is 2. The molecule has 35 heavy (non-hydrogen) atoms. The Labute approximate surface area is 199 Å². The lowest BCUT2D eigenvalue weighted by molar-refractivity contribution is -0.384. The third-order valence-electron chi connectivity index (χ3n) is 5.49. The van der Waals surface area contributed by atoms with Gasteiger partial charge in [0.2, 0.25) is 5.72 Å². The fourth-order valence-electron chi connectivity index (χ4n) is 3.82. The second-order valence-corrected chi connectivity index (χ2v) is 8.13. The number of nitrogens with one attached hydrogen (secondary N) is 2. The van der Waals surface area contributed by atoms with Crippen LogP contribution < -0.4 is 10.6 Å². The maximum absolute atomic E-state index is 14.0. The number of furan rings is 1. The van der Waals surface area contributed by atoms with Crippen LogP contribution in [0.1, 0.15) is 22.2 Å². The van der Waals surface area contributed by atoms with Crippen LogP contribution in [0, 0.1) is 16.0 Å². The highest BCUT2D eigenvalue weighted by molar-refractivity contribution is 6.30. The summed E-state index contributed by atoms with van der Waals surface area (Å²) in [5.74, 6) is -3.70. The van der Waals surface area contributed by atoms with Crippen LogP contribution in [0.2, 0.25) is 5.02 Å². The second kappa shape index (κ2) is 8.71. The van der Waals surface area contributed by atoms with Gasteiger partial charge in [0.05, 0.1) is 4.92 Å². The van der Waals surface area contributed by atoms with Gasteiger partial charge in [0.15, 0.2) is 5.78 Å². The predicted molar refractivity (Wildman–Crippen MR) is 115 cm³/mol. The number of rotatable bonds is 5. The summed E-state index contributed by atoms with van der Waals surface area (Å²) >= 11 is 5.80. The normalized spacial score (nSPS) is 22.3. The summed E-state index contributed by atoms with van der Waals surface area (Å²) in [6.07, 6.45) is -5.44. The summed E-state index contributed by atoms with van der Waals surface area (Å²) in [7, 11) is 0. The first-order valence-electron chi connectivity index (χ1n) is 9.93. The van der Waals surface area contributed by atoms with E-state index in [2.05, 4.69) is 5.32 Å². The smallest absolute Gasteiger partial charge is 0.437 e. The summed E-state index contributed by atoms with van der Waals surface area (Å²) in [4.78, 5) is 35.8. The van der Waals surface area contributed by atoms with Gasteiger partial charge < -0.3 is 20.2 Å². The van der Waals surface area contributed by atoms with Crippen molar-refractivity contribution in [1.29, 1.82) is 0 Å². The first kappa shape index (κ1) is 24.2. The maximum atomic E-state index is 14.0. The van der Waals surface area contributed by atoms with Crippen molar-refractivity contribution in [1.82, 2.24) is 10.6 Å². The lowest BCUT2D eigenvalue weighted by atomic mass is 9.79. The Morgan fingerprint density at radius 1 is 1.14 bits per heavy atom. The number of non-ortho nitro benzene ring substituents is 1. The van der Waals surface area contributed by atoms with Crippen LogP contribution in [0.5, 0.6) is 0 Å². The number of urea groups is 1. The number of hydrogen-bond acceptors (Lipinski definition) is 6. The average molecular weight is 510 g/mol. The van der Waals surface area contributed by atoms with E-state index in [1.165, 1.54) is 66.0 Å². The minimum atomic E-state index is -5.44. The van der Waals surface area contributed by atoms with Gasteiger partial charge in [-0.3, -0.25) is 14.9 Å². The van der Waals surface area contributed by atoms with E-state index < -0.39 is 40.6 Å². The minimum absolute atomic E-state index is 0.0322. The molecule has 2 amide bonds. The molecule has 182 valence electrons. The van der Waals surface area contributed by atoms with Gasteiger partial charge in [0.25, 0.3) is 5.69 Å². The Kier molecular flexibility index (Phi) is 6.03. The Morgan fingerprint density at radius 3 is 2.46 bits per heavy atom. The molecule has 1 aromatic heterocycles. The van der Waals surface area contributed by atoms with Crippen LogP contribution in [-0.4, -0.2) is 33.7 Å². The molecule has 9 nitrogen and oxygen atoms in total. The second-order valence-electron chi connectivity index (χ2n) is 7.70. The van der Waals surface area contributed by atoms with Crippen molar-refractivity contribution in [2.24, 2.45) is 5.92 Å². The number of carbonyl (C=O) groups is 2. The zero-order chi connectivity index (χ0) is 25.5. The van der Waals surface area contributed by atoms with Crippen LogP contribution in [0.15, 0.2) is 65.1 Å². The van der Waals surface area contributed by atoms with Crippen molar-refractivity contribution in [3.63, 3.8) is 0 Å². The molecule has 1 fully saturated rings. The van der Waals surface area contributed by atoms with E-state index in [4.69, 9.17) is 16.0 Å². The van der Waals surface area contributed by atoms with Gasteiger partial charge in [-0.2, -0.15) is 13.2 Å². The first-order valence-corrected chi connectivity index (χ1v) is 10.3. The number of carbonyl (C=O) groups excluding carboxylic acids is 2. The summed E-state index contributed by atoms with van der Waals surface area (Å²) in [5.41, 5.74) is -4.15. The molecule has 0 saturated carbocycles. The number of alkyl halides is 3. The number of aliphatic hydroxyl groups is 1. The van der Waals surface area contributed by atoms with Gasteiger partial charge in [0, 0.05) is 28.3 Å². The van der Waals surface area contributed by atoms with Crippen molar-refractivity contribution < 1.29 is 37.2 Å². The van der Waals surface area contributed by atoms with Gasteiger partial charge >= 0.3 is 12.2 Å². The minimum Gasteiger partial charge on any atom is -0.459 e. The van der Waals surface area contributed by atoms with Crippen LogP contribution >= 0.6 is 11.6 Å². The molecule has 0 aliphatic carbocycles. The van der Waals surface area contributed by atoms with Gasteiger partial charge in [-0.05, 0) is 36.4 Å². The van der Waals surface area contributed by atoms with Crippen molar-refractivity contribution in [2.75, 3.05) is 0 Å². The lowest BCUT2D eigenvalue weighted by Gasteiger charge is -2.44. The highest BCUT2D eigenvalue weighted by Crippen LogP contribution is 2.44. The number of amides is 2. The highest BCUT2D eigenvalue weighted by Gasteiger charge is 2.66. The van der Waals surface area contributed by atoms with E-state index in [1.807, 2.05) is 0 Å². The first-order chi connectivity index (χ1) is 16.4. The molecular formula is C22H15ClF3N3O6. The SMILES string of the molecule is O=C1N[C@H](c2ccc(-c3cccc([N+](=O)[O-])c3)o2)[C@H](C(=O)c2ccc(Cl)cc2)[C@@](O)(C(F)(F)F)N1. The molecule has 1 aliphatic rings. The van der Waals surface area contributed by atoms with Crippen molar-refractivity contribution >= 4 is 29.1 Å². The molecule has 2 heterocycles. The number of nitro groups is 1. The molecule has 1 aliphatic heterocycles. The highest BCUT2D eigenvalue weighted by atomic mass is 35.5. The molecule has 1 saturated heterocycles.